The minimum Gasteiger partial charge on any atom is -0.495 e. The largest absolute Gasteiger partial charge is 0.495 e. The van der Waals surface area contributed by atoms with Crippen LogP contribution in [0.4, 0.5) is 0 Å². The zero-order chi connectivity index (χ0) is 11.6. The van der Waals surface area contributed by atoms with Crippen LogP contribution in [-0.2, 0) is 12.1 Å². The first-order valence-corrected chi connectivity index (χ1v) is 5.18. The van der Waals surface area contributed by atoms with Crippen LogP contribution in [-0.4, -0.2) is 16.6 Å². The molecule has 1 aliphatic heterocycles. The molecule has 0 amide bonds. The van der Waals surface area contributed by atoms with Crippen molar-refractivity contribution < 1.29 is 10.2 Å². The number of hydrogen-bond donors (Lipinski definition) is 3. The fraction of sp³-hybridized carbons (Fsp3) is 0.250. The number of rotatable bonds is 2. The first kappa shape index (κ1) is 10.7. The molecule has 4 nitrogen and oxygen atoms in total. The number of aliphatic imine (C=N–C) groups is 1. The highest BCUT2D eigenvalue weighted by Crippen LogP contribution is 2.29. The monoisotopic (exact) mass is 218 g/mol. The summed E-state index contributed by atoms with van der Waals surface area (Å²) >= 11 is 0. The molecule has 0 aromatic heterocycles. The van der Waals surface area contributed by atoms with E-state index in [1.165, 1.54) is 12.4 Å². The number of aliphatic hydroxyl groups is 2. The van der Waals surface area contributed by atoms with Crippen LogP contribution in [0.2, 0.25) is 0 Å². The van der Waals surface area contributed by atoms with E-state index in [9.17, 15) is 10.2 Å². The standard InChI is InChI=1S/C12H14N2O2/c1-2-9-5-3-4-6-10(9)12(16)7-11(15)13-8-14-12/h3-8,15-16H,2H2,1H3,(H,13,14). The first-order chi connectivity index (χ1) is 7.65. The van der Waals surface area contributed by atoms with E-state index in [0.29, 0.717) is 5.56 Å². The lowest BCUT2D eigenvalue weighted by Crippen LogP contribution is -2.30. The van der Waals surface area contributed by atoms with Crippen molar-refractivity contribution in [1.82, 2.24) is 5.32 Å². The number of nitrogens with zero attached hydrogens (tertiary/aromatic N) is 1. The van der Waals surface area contributed by atoms with Gasteiger partial charge in [0.05, 0.1) is 6.34 Å². The fourth-order valence-corrected chi connectivity index (χ4v) is 1.80. The Morgan fingerprint density at radius 3 is 2.81 bits per heavy atom. The molecule has 0 saturated carbocycles. The Kier molecular flexibility index (Phi) is 2.66. The van der Waals surface area contributed by atoms with Crippen molar-refractivity contribution in [3.8, 4) is 0 Å². The highest BCUT2D eigenvalue weighted by Gasteiger charge is 2.30. The highest BCUT2D eigenvalue weighted by molar-refractivity contribution is 5.60. The Labute approximate surface area is 94.0 Å². The molecule has 84 valence electrons. The topological polar surface area (TPSA) is 64.8 Å². The zero-order valence-corrected chi connectivity index (χ0v) is 9.01. The summed E-state index contributed by atoms with van der Waals surface area (Å²) in [5, 5.41) is 22.2. The Morgan fingerprint density at radius 2 is 2.12 bits per heavy atom. The molecule has 0 aliphatic carbocycles. The third-order valence-corrected chi connectivity index (χ3v) is 2.61. The van der Waals surface area contributed by atoms with Gasteiger partial charge in [-0.15, -0.1) is 0 Å². The summed E-state index contributed by atoms with van der Waals surface area (Å²) < 4.78 is 0. The van der Waals surface area contributed by atoms with Crippen LogP contribution < -0.4 is 5.32 Å². The molecule has 0 fully saturated rings. The van der Waals surface area contributed by atoms with Crippen LogP contribution in [0, 0.1) is 0 Å². The molecule has 0 saturated heterocycles. The summed E-state index contributed by atoms with van der Waals surface area (Å²) in [4.78, 5) is 3.97. The van der Waals surface area contributed by atoms with E-state index in [-0.39, 0.29) is 5.88 Å². The minimum atomic E-state index is -1.47. The smallest absolute Gasteiger partial charge is 0.209 e. The fourth-order valence-electron chi connectivity index (χ4n) is 1.80. The Balaban J connectivity index is 2.50. The molecule has 3 N–H and O–H groups in total. The molecule has 2 rings (SSSR count). The lowest BCUT2D eigenvalue weighted by Gasteiger charge is -2.25. The highest BCUT2D eigenvalue weighted by atomic mass is 16.3. The van der Waals surface area contributed by atoms with Gasteiger partial charge in [0.25, 0.3) is 0 Å². The van der Waals surface area contributed by atoms with Gasteiger partial charge in [-0.1, -0.05) is 31.2 Å². The third kappa shape index (κ3) is 1.79. The summed E-state index contributed by atoms with van der Waals surface area (Å²) in [5.41, 5.74) is 0.233. The van der Waals surface area contributed by atoms with Crippen LogP contribution in [0.1, 0.15) is 18.1 Å². The van der Waals surface area contributed by atoms with Gasteiger partial charge >= 0.3 is 0 Å². The van der Waals surface area contributed by atoms with Crippen molar-refractivity contribution in [2.75, 3.05) is 0 Å². The van der Waals surface area contributed by atoms with Crippen LogP contribution in [0.15, 0.2) is 41.2 Å². The molecule has 1 heterocycles. The Bertz CT molecular complexity index is 454. The second-order valence-electron chi connectivity index (χ2n) is 3.67. The molecule has 0 spiro atoms. The number of aliphatic hydroxyl groups excluding tert-OH is 1. The molecule has 1 atom stereocenters. The molecule has 0 bridgehead atoms. The van der Waals surface area contributed by atoms with Gasteiger partial charge in [-0.05, 0) is 12.0 Å². The lowest BCUT2D eigenvalue weighted by molar-refractivity contribution is 0.0914. The van der Waals surface area contributed by atoms with E-state index in [4.69, 9.17) is 0 Å². The average molecular weight is 218 g/mol. The van der Waals surface area contributed by atoms with Crippen LogP contribution in [0.5, 0.6) is 0 Å². The third-order valence-electron chi connectivity index (χ3n) is 2.61. The van der Waals surface area contributed by atoms with E-state index in [1.807, 2.05) is 31.2 Å². The van der Waals surface area contributed by atoms with Crippen molar-refractivity contribution in [1.29, 1.82) is 0 Å². The summed E-state index contributed by atoms with van der Waals surface area (Å²) in [7, 11) is 0. The molecule has 1 aromatic carbocycles. The van der Waals surface area contributed by atoms with Gasteiger partial charge in [0.1, 0.15) is 0 Å². The molecule has 1 unspecified atom stereocenters. The predicted molar refractivity (Wildman–Crippen MR) is 62.1 cm³/mol. The van der Waals surface area contributed by atoms with Crippen molar-refractivity contribution in [2.24, 2.45) is 4.99 Å². The number of hydrogen-bond acceptors (Lipinski definition) is 4. The van der Waals surface area contributed by atoms with Crippen molar-refractivity contribution in [3.63, 3.8) is 0 Å². The molecular weight excluding hydrogens is 204 g/mol. The van der Waals surface area contributed by atoms with Crippen molar-refractivity contribution >= 4 is 6.34 Å². The minimum absolute atomic E-state index is 0.0941. The van der Waals surface area contributed by atoms with Crippen LogP contribution in [0.3, 0.4) is 0 Å². The molecule has 1 aliphatic rings. The SMILES string of the molecule is CCc1ccccc1C1(O)C=C(O)NC=N1. The molecule has 0 radical (unpaired) electrons. The van der Waals surface area contributed by atoms with Gasteiger partial charge in [0, 0.05) is 11.6 Å². The summed E-state index contributed by atoms with van der Waals surface area (Å²) in [5.74, 6) is -0.0941. The maximum absolute atomic E-state index is 10.4. The van der Waals surface area contributed by atoms with E-state index >= 15 is 0 Å². The molecule has 16 heavy (non-hydrogen) atoms. The van der Waals surface area contributed by atoms with E-state index < -0.39 is 5.72 Å². The van der Waals surface area contributed by atoms with Crippen LogP contribution >= 0.6 is 0 Å². The van der Waals surface area contributed by atoms with Gasteiger partial charge < -0.3 is 15.5 Å². The molecule has 4 heteroatoms. The number of benzene rings is 1. The van der Waals surface area contributed by atoms with Crippen molar-refractivity contribution in [3.05, 3.63) is 47.4 Å². The summed E-state index contributed by atoms with van der Waals surface area (Å²) in [6, 6.07) is 7.51. The van der Waals surface area contributed by atoms with Gasteiger partial charge in [0.2, 0.25) is 5.72 Å². The Morgan fingerprint density at radius 1 is 1.38 bits per heavy atom. The quantitative estimate of drug-likeness (QED) is 0.703. The van der Waals surface area contributed by atoms with E-state index in [2.05, 4.69) is 10.3 Å². The zero-order valence-electron chi connectivity index (χ0n) is 9.01. The first-order valence-electron chi connectivity index (χ1n) is 5.18. The van der Waals surface area contributed by atoms with E-state index in [1.54, 1.807) is 0 Å². The summed E-state index contributed by atoms with van der Waals surface area (Å²) in [6.45, 7) is 2.01. The van der Waals surface area contributed by atoms with Crippen molar-refractivity contribution in [2.45, 2.75) is 19.1 Å². The maximum Gasteiger partial charge on any atom is 0.209 e. The van der Waals surface area contributed by atoms with Gasteiger partial charge in [0.15, 0.2) is 5.88 Å². The van der Waals surface area contributed by atoms with Crippen LogP contribution in [0.25, 0.3) is 0 Å². The lowest BCUT2D eigenvalue weighted by atomic mass is 9.95. The van der Waals surface area contributed by atoms with Gasteiger partial charge in [-0.3, -0.25) is 0 Å². The average Bonchev–Trinajstić information content (AvgIpc) is 2.29. The van der Waals surface area contributed by atoms with E-state index in [0.717, 1.165) is 12.0 Å². The Hall–Kier alpha value is -1.81. The second-order valence-corrected chi connectivity index (χ2v) is 3.67. The van der Waals surface area contributed by atoms with Gasteiger partial charge in [-0.25, -0.2) is 4.99 Å². The number of nitrogens with one attached hydrogen (secondary N) is 1. The second kappa shape index (κ2) is 3.98. The van der Waals surface area contributed by atoms with Gasteiger partial charge in [-0.2, -0.15) is 0 Å². The molecule has 1 aromatic rings. The molecular formula is C12H14N2O2. The number of aryl methyl sites for hydroxylation is 1. The maximum atomic E-state index is 10.4. The predicted octanol–water partition coefficient (Wildman–Crippen LogP) is 1.43. The summed E-state index contributed by atoms with van der Waals surface area (Å²) in [6.07, 6.45) is 3.39. The normalized spacial score (nSPS) is 23.8.